The van der Waals surface area contributed by atoms with Gasteiger partial charge in [0.25, 0.3) is 0 Å². The summed E-state index contributed by atoms with van der Waals surface area (Å²) < 4.78 is 4.01. The highest BCUT2D eigenvalue weighted by molar-refractivity contribution is 7.26. The Bertz CT molecular complexity index is 2500. The summed E-state index contributed by atoms with van der Waals surface area (Å²) >= 11 is 3.76. The topological polar surface area (TPSA) is 28.3 Å². The zero-order chi connectivity index (χ0) is 28.5. The number of H-pyrrole nitrogens is 2. The van der Waals surface area contributed by atoms with Gasteiger partial charge in [0.05, 0.1) is 21.9 Å². The molecule has 0 atom stereocenters. The van der Waals surface area contributed by atoms with Crippen LogP contribution in [0.25, 0.3) is 85.8 Å². The van der Waals surface area contributed by atoms with Gasteiger partial charge in [-0.1, -0.05) is 60.7 Å². The first-order chi connectivity index (χ1) is 21.2. The molecule has 4 heterocycles. The molecule has 0 aliphatic heterocycles. The largest absolute Gasteiger partial charge is 1.00 e. The second-order valence-corrected chi connectivity index (χ2v) is 13.4. The molecule has 0 aliphatic carbocycles. The van der Waals surface area contributed by atoms with Crippen LogP contribution in [0, 0.1) is 6.92 Å². The number of aryl methyl sites for hydroxylation is 1. The summed E-state index contributed by atoms with van der Waals surface area (Å²) in [7, 11) is 0. The highest BCUT2D eigenvalue weighted by Crippen LogP contribution is 2.47. The normalized spacial score (nSPS) is 11.7. The third-order valence-electron chi connectivity index (χ3n) is 8.51. The average molecular weight is 841 g/mol. The quantitative estimate of drug-likeness (QED) is 0.143. The van der Waals surface area contributed by atoms with Crippen molar-refractivity contribution in [2.75, 3.05) is 0 Å². The Balaban J connectivity index is 0.00000163. The summed E-state index contributed by atoms with van der Waals surface area (Å²) in [5.74, 6) is 0. The molecule has 0 fully saturated rings. The van der Waals surface area contributed by atoms with E-state index in [9.17, 15) is 0 Å². The number of halogens is 2. The fourth-order valence-electron chi connectivity index (χ4n) is 6.57. The Kier molecular flexibility index (Phi) is 8.10. The van der Waals surface area contributed by atoms with E-state index in [1.807, 2.05) is 34.9 Å². The molecule has 9 aromatic rings. The molecule has 0 bridgehead atoms. The number of hydrogen-bond donors (Lipinski definition) is 0. The lowest BCUT2D eigenvalue weighted by molar-refractivity contribution is -0.364. The van der Waals surface area contributed by atoms with Crippen molar-refractivity contribution in [3.8, 4) is 21.7 Å². The molecule has 218 valence electrons. The van der Waals surface area contributed by atoms with Crippen LogP contribution in [-0.4, -0.2) is 0 Å². The van der Waals surface area contributed by atoms with Gasteiger partial charge in [0.2, 0.25) is 11.2 Å². The summed E-state index contributed by atoms with van der Waals surface area (Å²) in [5, 5.41) is 7.93. The molecular formula is C39H26I2N2S2. The number of rotatable bonds is 4. The predicted molar refractivity (Wildman–Crippen MR) is 185 cm³/mol. The van der Waals surface area contributed by atoms with Gasteiger partial charge in [-0.05, 0) is 76.9 Å². The number of aromatic nitrogens is 2. The first-order valence-electron chi connectivity index (χ1n) is 14.5. The van der Waals surface area contributed by atoms with E-state index in [0.29, 0.717) is 0 Å². The molecular weight excluding hydrogens is 814 g/mol. The van der Waals surface area contributed by atoms with Gasteiger partial charge in [0, 0.05) is 41.9 Å². The van der Waals surface area contributed by atoms with Gasteiger partial charge >= 0.3 is 0 Å². The van der Waals surface area contributed by atoms with Crippen LogP contribution < -0.4 is 57.9 Å². The van der Waals surface area contributed by atoms with Gasteiger partial charge in [-0.15, -0.1) is 22.7 Å². The highest BCUT2D eigenvalue weighted by Gasteiger charge is 2.22. The molecule has 45 heavy (non-hydrogen) atoms. The molecule has 0 saturated heterocycles. The van der Waals surface area contributed by atoms with Crippen LogP contribution in [0.3, 0.4) is 0 Å². The van der Waals surface area contributed by atoms with E-state index in [4.69, 9.17) is 0 Å². The molecule has 0 saturated carbocycles. The molecule has 4 aromatic heterocycles. The van der Waals surface area contributed by atoms with Crippen molar-refractivity contribution >= 4 is 86.8 Å². The Morgan fingerprint density at radius 1 is 0.600 bits per heavy atom. The summed E-state index contributed by atoms with van der Waals surface area (Å²) in [6.45, 7) is 2.21. The van der Waals surface area contributed by atoms with E-state index < -0.39 is 0 Å². The van der Waals surface area contributed by atoms with Gasteiger partial charge in [0.1, 0.15) is 0 Å². The summed E-state index contributed by atoms with van der Waals surface area (Å²) in [6.07, 6.45) is 8.72. The Morgan fingerprint density at radius 2 is 1.42 bits per heavy atom. The first-order valence-corrected chi connectivity index (χ1v) is 16.1. The second-order valence-electron chi connectivity index (χ2n) is 11.2. The minimum atomic E-state index is 0. The molecule has 0 spiro atoms. The van der Waals surface area contributed by atoms with Crippen LogP contribution in [0.2, 0.25) is 0 Å². The van der Waals surface area contributed by atoms with E-state index in [-0.39, 0.29) is 48.0 Å². The van der Waals surface area contributed by atoms with Gasteiger partial charge in [-0.25, -0.2) is 9.97 Å². The molecule has 0 amide bonds. The van der Waals surface area contributed by atoms with Crippen molar-refractivity contribution < 1.29 is 57.9 Å². The number of benzene rings is 5. The highest BCUT2D eigenvalue weighted by atomic mass is 127. The Morgan fingerprint density at radius 3 is 2.29 bits per heavy atom. The Labute approximate surface area is 302 Å². The van der Waals surface area contributed by atoms with E-state index >= 15 is 0 Å². The van der Waals surface area contributed by atoms with Crippen LogP contribution >= 0.6 is 22.7 Å². The van der Waals surface area contributed by atoms with Crippen molar-refractivity contribution in [3.05, 3.63) is 132 Å². The van der Waals surface area contributed by atoms with Gasteiger partial charge in [0.15, 0.2) is 12.4 Å². The van der Waals surface area contributed by atoms with Gasteiger partial charge in [-0.3, -0.25) is 0 Å². The fourth-order valence-corrected chi connectivity index (χ4v) is 8.86. The number of fused-ring (bicyclic) bond motifs is 4. The molecule has 9 rings (SSSR count). The smallest absolute Gasteiger partial charge is 0.220 e. The van der Waals surface area contributed by atoms with Gasteiger partial charge < -0.3 is 48.0 Å². The lowest BCUT2D eigenvalue weighted by Crippen LogP contribution is -3.00. The summed E-state index contributed by atoms with van der Waals surface area (Å²) in [4.78, 5) is 8.49. The zero-order valence-corrected chi connectivity index (χ0v) is 30.1. The van der Waals surface area contributed by atoms with Crippen LogP contribution in [-0.2, 0) is 0 Å². The number of aromatic amines is 2. The first kappa shape index (κ1) is 30.2. The molecule has 0 aliphatic rings. The Hall–Kier alpha value is -3.44. The van der Waals surface area contributed by atoms with Crippen LogP contribution in [0.1, 0.15) is 16.7 Å². The second kappa shape index (κ2) is 12.1. The maximum atomic E-state index is 3.80. The lowest BCUT2D eigenvalue weighted by atomic mass is 9.92. The maximum Gasteiger partial charge on any atom is 0.220 e. The predicted octanol–water partition coefficient (Wildman–Crippen LogP) is 4.46. The molecule has 0 unspecified atom stereocenters. The molecule has 6 heteroatoms. The van der Waals surface area contributed by atoms with Crippen molar-refractivity contribution in [3.63, 3.8) is 0 Å². The van der Waals surface area contributed by atoms with Crippen LogP contribution in [0.4, 0.5) is 0 Å². The maximum absolute atomic E-state index is 3.80. The molecule has 2 nitrogen and oxygen atoms in total. The third kappa shape index (κ3) is 5.02. The van der Waals surface area contributed by atoms with Crippen LogP contribution in [0.5, 0.6) is 0 Å². The minimum absolute atomic E-state index is 0. The third-order valence-corrected chi connectivity index (χ3v) is 10.8. The van der Waals surface area contributed by atoms with Crippen molar-refractivity contribution in [1.82, 2.24) is 0 Å². The van der Waals surface area contributed by atoms with Crippen molar-refractivity contribution in [2.45, 2.75) is 6.92 Å². The van der Waals surface area contributed by atoms with E-state index in [1.54, 1.807) is 0 Å². The number of thiophene rings is 2. The summed E-state index contributed by atoms with van der Waals surface area (Å²) in [6, 6.07) is 37.5. The van der Waals surface area contributed by atoms with Crippen LogP contribution in [0.15, 0.2) is 116 Å². The van der Waals surface area contributed by atoms with E-state index in [2.05, 4.69) is 132 Å². The van der Waals surface area contributed by atoms with Crippen molar-refractivity contribution in [1.29, 1.82) is 0 Å². The zero-order valence-electron chi connectivity index (χ0n) is 24.2. The standard InChI is InChI=1S/C39H24N2S2.2HI/c1-23-18-29-30-20-27(34-21-26-9-3-5-12-32(26)42-34)22-41-39(30)36-25(15-16-33-38(36)37(29)35(19-23)43-33)14-13-24-8-2-4-10-28(24)31-11-6-7-17-40-31;;/h2-22H,1H3;2*1H/b14-13+;;. The molecule has 2 N–H and O–H groups in total. The number of pyridine rings is 2. The number of nitrogens with one attached hydrogen (secondary N) is 2. The monoisotopic (exact) mass is 840 g/mol. The SMILES string of the molecule is Cc1cc2sc3ccc(/C=C/c4ccccc4-c4cccc[nH+]4)c4c5[nH+]cc(-c6cc7ccccc7s6)cc5c(c1)c2c34.[I-].[I-]. The number of hydrogen-bond acceptors (Lipinski definition) is 2. The average Bonchev–Trinajstić information content (AvgIpc) is 3.65. The van der Waals surface area contributed by atoms with E-state index in [0.717, 1.165) is 5.69 Å². The molecule has 0 radical (unpaired) electrons. The van der Waals surface area contributed by atoms with Gasteiger partial charge in [-0.2, -0.15) is 0 Å². The summed E-state index contributed by atoms with van der Waals surface area (Å²) in [5.41, 5.74) is 8.41. The minimum Gasteiger partial charge on any atom is -1.00 e. The lowest BCUT2D eigenvalue weighted by Gasteiger charge is -2.10. The van der Waals surface area contributed by atoms with E-state index in [1.165, 1.54) is 84.6 Å². The van der Waals surface area contributed by atoms with Crippen molar-refractivity contribution in [2.24, 2.45) is 0 Å². The molecule has 5 aromatic carbocycles. The fraction of sp³-hybridized carbons (Fsp3) is 0.0256.